The molecule has 4 heteroatoms. The largest absolute Gasteiger partial charge is 0.481 e. The molecule has 0 bridgehead atoms. The molecule has 1 N–H and O–H groups in total. The summed E-state index contributed by atoms with van der Waals surface area (Å²) in [6, 6.07) is 16.4. The number of aryl methyl sites for hydroxylation is 2. The molecule has 0 saturated heterocycles. The number of anilines is 1. The van der Waals surface area contributed by atoms with Crippen LogP contribution in [0.5, 0.6) is 5.75 Å². The minimum absolute atomic E-state index is 0.0447. The summed E-state index contributed by atoms with van der Waals surface area (Å²) in [6.45, 7) is 3.33. The average Bonchev–Trinajstić information content (AvgIpc) is 2.72. The van der Waals surface area contributed by atoms with Crippen LogP contribution in [0, 0.1) is 0 Å². The molecule has 144 valence electrons. The van der Waals surface area contributed by atoms with Crippen LogP contribution in [-0.4, -0.2) is 32.1 Å². The summed E-state index contributed by atoms with van der Waals surface area (Å²) in [5, 5.41) is 3.01. The van der Waals surface area contributed by atoms with Gasteiger partial charge in [-0.05, 0) is 67.5 Å². The first-order chi connectivity index (χ1) is 13.2. The summed E-state index contributed by atoms with van der Waals surface area (Å²) < 4.78 is 6.01. The van der Waals surface area contributed by atoms with Gasteiger partial charge in [-0.1, -0.05) is 31.2 Å². The third-order valence-electron chi connectivity index (χ3n) is 5.20. The smallest absolute Gasteiger partial charge is 0.261 e. The van der Waals surface area contributed by atoms with Gasteiger partial charge in [-0.25, -0.2) is 0 Å². The maximum absolute atomic E-state index is 12.5. The highest BCUT2D eigenvalue weighted by molar-refractivity contribution is 5.81. The van der Waals surface area contributed by atoms with Gasteiger partial charge in [0, 0.05) is 25.8 Å². The van der Waals surface area contributed by atoms with E-state index in [9.17, 15) is 4.79 Å². The number of likely N-dealkylation sites (N-methyl/N-ethyl adjacent to an activating group) is 1. The van der Waals surface area contributed by atoms with Crippen LogP contribution < -0.4 is 15.0 Å². The molecule has 1 amide bonds. The van der Waals surface area contributed by atoms with Crippen LogP contribution in [0.3, 0.4) is 0 Å². The molecule has 0 fully saturated rings. The van der Waals surface area contributed by atoms with Crippen molar-refractivity contribution in [2.45, 2.75) is 45.1 Å². The molecule has 0 radical (unpaired) electrons. The van der Waals surface area contributed by atoms with Crippen molar-refractivity contribution < 1.29 is 9.53 Å². The van der Waals surface area contributed by atoms with Crippen LogP contribution in [0.2, 0.25) is 0 Å². The Labute approximate surface area is 162 Å². The van der Waals surface area contributed by atoms with Gasteiger partial charge < -0.3 is 15.0 Å². The predicted octanol–water partition coefficient (Wildman–Crippen LogP) is 3.98. The molecule has 1 atom stereocenters. The SMILES string of the molecule is CCC(Oc1ccc2c(c1)CCCC2)C(=O)NCCN(C)c1ccccc1. The van der Waals surface area contributed by atoms with Crippen LogP contribution in [0.25, 0.3) is 0 Å². The van der Waals surface area contributed by atoms with Gasteiger partial charge in [0.05, 0.1) is 0 Å². The first kappa shape index (κ1) is 19.3. The molecule has 4 nitrogen and oxygen atoms in total. The van der Waals surface area contributed by atoms with E-state index < -0.39 is 6.10 Å². The number of ether oxygens (including phenoxy) is 1. The third-order valence-corrected chi connectivity index (χ3v) is 5.20. The highest BCUT2D eigenvalue weighted by Gasteiger charge is 2.19. The van der Waals surface area contributed by atoms with E-state index in [1.165, 1.54) is 24.0 Å². The Morgan fingerprint density at radius 3 is 2.59 bits per heavy atom. The number of para-hydroxylation sites is 1. The molecule has 1 unspecified atom stereocenters. The van der Waals surface area contributed by atoms with Crippen molar-refractivity contribution in [1.82, 2.24) is 5.32 Å². The highest BCUT2D eigenvalue weighted by atomic mass is 16.5. The Balaban J connectivity index is 1.50. The van der Waals surface area contributed by atoms with E-state index in [1.54, 1.807) is 0 Å². The lowest BCUT2D eigenvalue weighted by atomic mass is 9.92. The number of carbonyl (C=O) groups is 1. The summed E-state index contributed by atoms with van der Waals surface area (Å²) in [4.78, 5) is 14.7. The molecule has 0 heterocycles. The lowest BCUT2D eigenvalue weighted by Gasteiger charge is -2.22. The van der Waals surface area contributed by atoms with E-state index in [-0.39, 0.29) is 5.91 Å². The van der Waals surface area contributed by atoms with Crippen LogP contribution >= 0.6 is 0 Å². The standard InChI is InChI=1S/C23H30N2O2/c1-3-22(27-21-14-13-18-9-7-8-10-19(18)17-21)23(26)24-15-16-25(2)20-11-5-4-6-12-20/h4-6,11-14,17,22H,3,7-10,15-16H2,1-2H3,(H,24,26). The second kappa shape index (κ2) is 9.45. The first-order valence-electron chi connectivity index (χ1n) is 9.99. The predicted molar refractivity (Wildman–Crippen MR) is 111 cm³/mol. The number of amides is 1. The number of hydrogen-bond acceptors (Lipinski definition) is 3. The van der Waals surface area contributed by atoms with E-state index in [4.69, 9.17) is 4.74 Å². The number of rotatable bonds is 8. The van der Waals surface area contributed by atoms with Gasteiger partial charge in [0.15, 0.2) is 6.10 Å². The number of carbonyl (C=O) groups excluding carboxylic acids is 1. The molecule has 2 aromatic carbocycles. The normalized spacial score (nSPS) is 14.1. The molecule has 1 aliphatic rings. The van der Waals surface area contributed by atoms with Crippen LogP contribution in [0.1, 0.15) is 37.3 Å². The minimum atomic E-state index is -0.450. The lowest BCUT2D eigenvalue weighted by molar-refractivity contribution is -0.128. The van der Waals surface area contributed by atoms with E-state index in [0.29, 0.717) is 13.0 Å². The highest BCUT2D eigenvalue weighted by Crippen LogP contribution is 2.26. The molecule has 0 spiro atoms. The maximum atomic E-state index is 12.5. The monoisotopic (exact) mass is 366 g/mol. The Morgan fingerprint density at radius 2 is 1.85 bits per heavy atom. The molecule has 3 rings (SSSR count). The minimum Gasteiger partial charge on any atom is -0.481 e. The van der Waals surface area contributed by atoms with Crippen LogP contribution in [0.15, 0.2) is 48.5 Å². The number of benzene rings is 2. The first-order valence-corrected chi connectivity index (χ1v) is 9.99. The van der Waals surface area contributed by atoms with Crippen molar-refractivity contribution in [3.8, 4) is 5.75 Å². The van der Waals surface area contributed by atoms with Gasteiger partial charge in [0.25, 0.3) is 5.91 Å². The zero-order valence-corrected chi connectivity index (χ0v) is 16.4. The number of nitrogens with zero attached hydrogens (tertiary/aromatic N) is 1. The van der Waals surface area contributed by atoms with Crippen LogP contribution in [0.4, 0.5) is 5.69 Å². The van der Waals surface area contributed by atoms with Crippen molar-refractivity contribution in [1.29, 1.82) is 0 Å². The second-order valence-electron chi connectivity index (χ2n) is 7.20. The third kappa shape index (κ3) is 5.25. The summed E-state index contributed by atoms with van der Waals surface area (Å²) >= 11 is 0. The van der Waals surface area contributed by atoms with E-state index in [1.807, 2.05) is 38.2 Å². The zero-order chi connectivity index (χ0) is 19.1. The summed E-state index contributed by atoms with van der Waals surface area (Å²) in [6.07, 6.45) is 4.98. The summed E-state index contributed by atoms with van der Waals surface area (Å²) in [5.74, 6) is 0.760. The van der Waals surface area contributed by atoms with Crippen molar-refractivity contribution in [3.05, 3.63) is 59.7 Å². The molecular weight excluding hydrogens is 336 g/mol. The fraction of sp³-hybridized carbons (Fsp3) is 0.435. The van der Waals surface area contributed by atoms with Gasteiger partial charge in [-0.15, -0.1) is 0 Å². The van der Waals surface area contributed by atoms with Crippen molar-refractivity contribution in [3.63, 3.8) is 0 Å². The van der Waals surface area contributed by atoms with Crippen molar-refractivity contribution >= 4 is 11.6 Å². The van der Waals surface area contributed by atoms with Gasteiger partial charge >= 0.3 is 0 Å². The van der Waals surface area contributed by atoms with E-state index >= 15 is 0 Å². The van der Waals surface area contributed by atoms with Gasteiger partial charge in [-0.3, -0.25) is 4.79 Å². The Morgan fingerprint density at radius 1 is 1.11 bits per heavy atom. The molecule has 27 heavy (non-hydrogen) atoms. The molecule has 2 aromatic rings. The second-order valence-corrected chi connectivity index (χ2v) is 7.20. The maximum Gasteiger partial charge on any atom is 0.261 e. The average molecular weight is 367 g/mol. The fourth-order valence-corrected chi connectivity index (χ4v) is 3.54. The van der Waals surface area contributed by atoms with E-state index in [0.717, 1.165) is 30.8 Å². The van der Waals surface area contributed by atoms with Crippen molar-refractivity contribution in [2.75, 3.05) is 25.0 Å². The Bertz CT molecular complexity index is 745. The number of hydrogen-bond donors (Lipinski definition) is 1. The van der Waals surface area contributed by atoms with Crippen molar-refractivity contribution in [2.24, 2.45) is 0 Å². The summed E-state index contributed by atoms with van der Waals surface area (Å²) in [5.41, 5.74) is 3.94. The van der Waals surface area contributed by atoms with Crippen LogP contribution in [-0.2, 0) is 17.6 Å². The summed E-state index contributed by atoms with van der Waals surface area (Å²) in [7, 11) is 2.03. The number of fused-ring (bicyclic) bond motifs is 1. The topological polar surface area (TPSA) is 41.6 Å². The quantitative estimate of drug-likeness (QED) is 0.768. The zero-order valence-electron chi connectivity index (χ0n) is 16.4. The molecule has 0 saturated carbocycles. The molecule has 0 aliphatic heterocycles. The van der Waals surface area contributed by atoms with Gasteiger partial charge in [0.2, 0.25) is 0 Å². The Hall–Kier alpha value is -2.49. The lowest BCUT2D eigenvalue weighted by Crippen LogP contribution is -2.41. The number of nitrogens with one attached hydrogen (secondary N) is 1. The molecule has 1 aliphatic carbocycles. The van der Waals surface area contributed by atoms with Gasteiger partial charge in [0.1, 0.15) is 5.75 Å². The molecule has 0 aromatic heterocycles. The van der Waals surface area contributed by atoms with Gasteiger partial charge in [-0.2, -0.15) is 0 Å². The molecular formula is C23H30N2O2. The van der Waals surface area contributed by atoms with E-state index in [2.05, 4.69) is 34.5 Å². The Kier molecular flexibility index (Phi) is 6.74. The fourth-order valence-electron chi connectivity index (χ4n) is 3.54.